The van der Waals surface area contributed by atoms with Gasteiger partial charge in [-0.05, 0) is 43.5 Å². The predicted molar refractivity (Wildman–Crippen MR) is 98.3 cm³/mol. The summed E-state index contributed by atoms with van der Waals surface area (Å²) in [6.07, 6.45) is 0.759. The normalized spacial score (nSPS) is 13.5. The number of hydrogen-bond donors (Lipinski definition) is 0. The van der Waals surface area contributed by atoms with Crippen molar-refractivity contribution in [3.63, 3.8) is 0 Å². The van der Waals surface area contributed by atoms with Crippen molar-refractivity contribution in [3.05, 3.63) is 44.1 Å². The molecule has 26 heavy (non-hydrogen) atoms. The quantitative estimate of drug-likeness (QED) is 0.786. The van der Waals surface area contributed by atoms with Gasteiger partial charge in [0.15, 0.2) is 11.5 Å². The summed E-state index contributed by atoms with van der Waals surface area (Å²) in [6.45, 7) is 6.17. The lowest BCUT2D eigenvalue weighted by Gasteiger charge is -2.30. The SMILES string of the molecule is CCOc1cc2c(cc1OCC)CN(c1nn(C)c(=O)n(C)c1=O)CC2. The lowest BCUT2D eigenvalue weighted by molar-refractivity contribution is 0.287. The fourth-order valence-corrected chi connectivity index (χ4v) is 3.16. The van der Waals surface area contributed by atoms with Gasteiger partial charge in [-0.25, -0.2) is 9.48 Å². The van der Waals surface area contributed by atoms with Crippen LogP contribution < -0.4 is 25.6 Å². The van der Waals surface area contributed by atoms with Crippen LogP contribution in [0.3, 0.4) is 0 Å². The molecule has 0 unspecified atom stereocenters. The first-order valence-corrected chi connectivity index (χ1v) is 8.76. The second-order valence-corrected chi connectivity index (χ2v) is 6.20. The van der Waals surface area contributed by atoms with E-state index in [1.54, 1.807) is 7.05 Å². The molecule has 1 aliphatic rings. The van der Waals surface area contributed by atoms with Crippen LogP contribution in [0.2, 0.25) is 0 Å². The first-order chi connectivity index (χ1) is 12.5. The van der Waals surface area contributed by atoms with Crippen LogP contribution >= 0.6 is 0 Å². The molecule has 2 aromatic rings. The van der Waals surface area contributed by atoms with Crippen LogP contribution in [0, 0.1) is 0 Å². The molecule has 1 aromatic heterocycles. The van der Waals surface area contributed by atoms with Gasteiger partial charge in [0.05, 0.1) is 13.2 Å². The van der Waals surface area contributed by atoms with Gasteiger partial charge in [-0.1, -0.05) is 0 Å². The summed E-state index contributed by atoms with van der Waals surface area (Å²) in [5.74, 6) is 1.74. The molecule has 0 saturated heterocycles. The Morgan fingerprint density at radius 3 is 2.27 bits per heavy atom. The topological polar surface area (TPSA) is 78.6 Å². The molecule has 0 aliphatic carbocycles. The van der Waals surface area contributed by atoms with E-state index < -0.39 is 5.69 Å². The lowest BCUT2D eigenvalue weighted by Crippen LogP contribution is -2.44. The van der Waals surface area contributed by atoms with E-state index in [0.29, 0.717) is 32.1 Å². The molecule has 0 N–H and O–H groups in total. The molecule has 0 amide bonds. The summed E-state index contributed by atoms with van der Waals surface area (Å²) in [5.41, 5.74) is 1.43. The van der Waals surface area contributed by atoms with E-state index in [1.165, 1.54) is 17.3 Å². The summed E-state index contributed by atoms with van der Waals surface area (Å²) in [5, 5.41) is 4.18. The highest BCUT2D eigenvalue weighted by Crippen LogP contribution is 2.34. The zero-order valence-electron chi connectivity index (χ0n) is 15.6. The molecule has 3 rings (SSSR count). The van der Waals surface area contributed by atoms with Crippen molar-refractivity contribution in [2.45, 2.75) is 26.8 Å². The third-order valence-corrected chi connectivity index (χ3v) is 4.48. The molecular weight excluding hydrogens is 336 g/mol. The van der Waals surface area contributed by atoms with Gasteiger partial charge in [0, 0.05) is 27.2 Å². The van der Waals surface area contributed by atoms with E-state index in [-0.39, 0.29) is 11.4 Å². The Hall–Kier alpha value is -2.77. The van der Waals surface area contributed by atoms with E-state index >= 15 is 0 Å². The third-order valence-electron chi connectivity index (χ3n) is 4.48. The highest BCUT2D eigenvalue weighted by Gasteiger charge is 2.23. The second-order valence-electron chi connectivity index (χ2n) is 6.20. The number of fused-ring (bicyclic) bond motifs is 1. The summed E-state index contributed by atoms with van der Waals surface area (Å²) in [6, 6.07) is 4.00. The van der Waals surface area contributed by atoms with Gasteiger partial charge < -0.3 is 14.4 Å². The molecule has 8 heteroatoms. The molecule has 8 nitrogen and oxygen atoms in total. The summed E-state index contributed by atoms with van der Waals surface area (Å²) >= 11 is 0. The minimum absolute atomic E-state index is 0.284. The number of benzene rings is 1. The molecule has 1 aromatic carbocycles. The van der Waals surface area contributed by atoms with E-state index in [0.717, 1.165) is 22.3 Å². The van der Waals surface area contributed by atoms with Crippen molar-refractivity contribution in [2.75, 3.05) is 24.7 Å². The maximum Gasteiger partial charge on any atom is 0.346 e. The highest BCUT2D eigenvalue weighted by atomic mass is 16.5. The maximum atomic E-state index is 12.5. The largest absolute Gasteiger partial charge is 0.490 e. The Morgan fingerprint density at radius 1 is 1.04 bits per heavy atom. The van der Waals surface area contributed by atoms with Crippen molar-refractivity contribution in [3.8, 4) is 11.5 Å². The number of hydrogen-bond acceptors (Lipinski definition) is 6. The van der Waals surface area contributed by atoms with Crippen molar-refractivity contribution in [1.82, 2.24) is 14.3 Å². The van der Waals surface area contributed by atoms with Crippen LogP contribution in [0.15, 0.2) is 21.7 Å². The molecule has 0 bridgehead atoms. The minimum atomic E-state index is -0.434. The molecule has 0 atom stereocenters. The smallest absolute Gasteiger partial charge is 0.346 e. The standard InChI is InChI=1S/C18H24N4O4/c1-5-25-14-9-12-7-8-22(11-13(12)10-15(14)26-6-2)16-17(23)20(3)18(24)21(4)19-16/h9-10H,5-8,11H2,1-4H3. The van der Waals surface area contributed by atoms with Gasteiger partial charge in [-0.2, -0.15) is 0 Å². The lowest BCUT2D eigenvalue weighted by atomic mass is 9.99. The molecule has 2 heterocycles. The summed E-state index contributed by atoms with van der Waals surface area (Å²) in [4.78, 5) is 26.2. The average Bonchev–Trinajstić information content (AvgIpc) is 2.63. The molecule has 0 fully saturated rings. The van der Waals surface area contributed by atoms with Crippen LogP contribution in [0.25, 0.3) is 0 Å². The van der Waals surface area contributed by atoms with E-state index in [4.69, 9.17) is 9.47 Å². The first-order valence-electron chi connectivity index (χ1n) is 8.76. The van der Waals surface area contributed by atoms with Gasteiger partial charge in [-0.15, -0.1) is 5.10 Å². The fourth-order valence-electron chi connectivity index (χ4n) is 3.16. The van der Waals surface area contributed by atoms with Crippen molar-refractivity contribution >= 4 is 5.82 Å². The van der Waals surface area contributed by atoms with Gasteiger partial charge in [0.25, 0.3) is 5.56 Å². The monoisotopic (exact) mass is 360 g/mol. The van der Waals surface area contributed by atoms with Crippen LogP contribution in [0.1, 0.15) is 25.0 Å². The summed E-state index contributed by atoms with van der Waals surface area (Å²) < 4.78 is 13.7. The molecular formula is C18H24N4O4. The van der Waals surface area contributed by atoms with Gasteiger partial charge >= 0.3 is 5.69 Å². The predicted octanol–water partition coefficient (Wildman–Crippen LogP) is 0.839. The van der Waals surface area contributed by atoms with E-state index in [1.807, 2.05) is 30.9 Å². The van der Waals surface area contributed by atoms with Gasteiger partial charge in [0.2, 0.25) is 5.82 Å². The van der Waals surface area contributed by atoms with Crippen molar-refractivity contribution in [1.29, 1.82) is 0 Å². The number of anilines is 1. The zero-order chi connectivity index (χ0) is 18.8. The fraction of sp³-hybridized carbons (Fsp3) is 0.500. The minimum Gasteiger partial charge on any atom is -0.490 e. The summed E-state index contributed by atoms with van der Waals surface area (Å²) in [7, 11) is 3.01. The van der Waals surface area contributed by atoms with Crippen LogP contribution in [-0.2, 0) is 27.1 Å². The number of rotatable bonds is 5. The van der Waals surface area contributed by atoms with Gasteiger partial charge in [0.1, 0.15) is 0 Å². The van der Waals surface area contributed by atoms with E-state index in [9.17, 15) is 9.59 Å². The Morgan fingerprint density at radius 2 is 1.65 bits per heavy atom. The molecule has 1 aliphatic heterocycles. The first kappa shape index (κ1) is 18.0. The van der Waals surface area contributed by atoms with E-state index in [2.05, 4.69) is 5.10 Å². The van der Waals surface area contributed by atoms with Crippen LogP contribution in [-0.4, -0.2) is 34.1 Å². The molecule has 0 saturated carbocycles. The van der Waals surface area contributed by atoms with Crippen LogP contribution in [0.5, 0.6) is 11.5 Å². The Balaban J connectivity index is 1.98. The molecule has 140 valence electrons. The Kier molecular flexibility index (Phi) is 5.01. The maximum absolute atomic E-state index is 12.5. The second kappa shape index (κ2) is 7.23. The van der Waals surface area contributed by atoms with Crippen molar-refractivity contribution < 1.29 is 9.47 Å². The van der Waals surface area contributed by atoms with Crippen molar-refractivity contribution in [2.24, 2.45) is 14.1 Å². The zero-order valence-corrected chi connectivity index (χ0v) is 15.6. The number of ether oxygens (including phenoxy) is 2. The average molecular weight is 360 g/mol. The number of aryl methyl sites for hydroxylation is 1. The van der Waals surface area contributed by atoms with Gasteiger partial charge in [-0.3, -0.25) is 9.36 Å². The number of nitrogens with zero attached hydrogens (tertiary/aromatic N) is 4. The Labute approximate surface area is 151 Å². The highest BCUT2D eigenvalue weighted by molar-refractivity contribution is 5.51. The molecule has 0 spiro atoms. The number of aromatic nitrogens is 3. The third kappa shape index (κ3) is 3.18. The van der Waals surface area contributed by atoms with Crippen LogP contribution in [0.4, 0.5) is 5.82 Å². The Bertz CT molecular complexity index is 932. The molecule has 0 radical (unpaired) electrons.